The Balaban J connectivity index is 1.72. The number of hydrogen-bond acceptors (Lipinski definition) is 4. The Kier molecular flexibility index (Phi) is 7.60. The van der Waals surface area contributed by atoms with E-state index in [2.05, 4.69) is 27.7 Å². The molecule has 0 aromatic heterocycles. The Morgan fingerprint density at radius 3 is 2.50 bits per heavy atom. The van der Waals surface area contributed by atoms with Gasteiger partial charge < -0.3 is 15.4 Å². The van der Waals surface area contributed by atoms with E-state index in [4.69, 9.17) is 4.74 Å². The van der Waals surface area contributed by atoms with Gasteiger partial charge in [-0.15, -0.1) is 0 Å². The van der Waals surface area contributed by atoms with Gasteiger partial charge in [0.05, 0.1) is 13.2 Å². The van der Waals surface area contributed by atoms with E-state index < -0.39 is 5.41 Å². The molecule has 1 aliphatic rings. The first-order valence-corrected chi connectivity index (χ1v) is 9.27. The number of morpholine rings is 1. The zero-order valence-corrected chi connectivity index (χ0v) is 16.1. The van der Waals surface area contributed by atoms with Gasteiger partial charge in [0.25, 0.3) is 0 Å². The predicted molar refractivity (Wildman–Crippen MR) is 101 cm³/mol. The second-order valence-electron chi connectivity index (χ2n) is 7.74. The standard InChI is InChI=1S/C20H31N3O3/c1-20(2,3)19(25)21-8-7-18(24)22-14-16-5-4-6-17(13-16)15-23-9-11-26-12-10-23/h4-6,13H,7-12,14-15H2,1-3H3,(H,21,25)(H,22,24). The van der Waals surface area contributed by atoms with Crippen molar-refractivity contribution in [1.82, 2.24) is 15.5 Å². The van der Waals surface area contributed by atoms with Gasteiger partial charge in [-0.3, -0.25) is 14.5 Å². The summed E-state index contributed by atoms with van der Waals surface area (Å²) < 4.78 is 5.38. The van der Waals surface area contributed by atoms with Gasteiger partial charge >= 0.3 is 0 Å². The maximum Gasteiger partial charge on any atom is 0.225 e. The van der Waals surface area contributed by atoms with Crippen LogP contribution in [0.4, 0.5) is 0 Å². The lowest BCUT2D eigenvalue weighted by Gasteiger charge is -2.26. The molecule has 0 saturated carbocycles. The van der Waals surface area contributed by atoms with Crippen molar-refractivity contribution >= 4 is 11.8 Å². The molecule has 2 amide bonds. The van der Waals surface area contributed by atoms with Gasteiger partial charge in [-0.2, -0.15) is 0 Å². The summed E-state index contributed by atoms with van der Waals surface area (Å²) in [5, 5.41) is 5.71. The highest BCUT2D eigenvalue weighted by Gasteiger charge is 2.20. The highest BCUT2D eigenvalue weighted by Crippen LogP contribution is 2.12. The topological polar surface area (TPSA) is 70.7 Å². The van der Waals surface area contributed by atoms with Crippen molar-refractivity contribution in [2.45, 2.75) is 40.3 Å². The van der Waals surface area contributed by atoms with Gasteiger partial charge in [-0.1, -0.05) is 45.0 Å². The van der Waals surface area contributed by atoms with E-state index >= 15 is 0 Å². The molecule has 1 aliphatic heterocycles. The minimum Gasteiger partial charge on any atom is -0.379 e. The quantitative estimate of drug-likeness (QED) is 0.775. The molecule has 144 valence electrons. The number of ether oxygens (including phenoxy) is 1. The minimum atomic E-state index is -0.433. The summed E-state index contributed by atoms with van der Waals surface area (Å²) in [7, 11) is 0. The highest BCUT2D eigenvalue weighted by atomic mass is 16.5. The molecule has 1 heterocycles. The summed E-state index contributed by atoms with van der Waals surface area (Å²) in [4.78, 5) is 26.1. The van der Waals surface area contributed by atoms with E-state index in [0.717, 1.165) is 38.4 Å². The molecule has 6 heteroatoms. The summed E-state index contributed by atoms with van der Waals surface area (Å²) in [6, 6.07) is 8.30. The second-order valence-corrected chi connectivity index (χ2v) is 7.74. The van der Waals surface area contributed by atoms with Crippen molar-refractivity contribution in [2.75, 3.05) is 32.8 Å². The molecule has 26 heavy (non-hydrogen) atoms. The number of rotatable bonds is 7. The molecular formula is C20H31N3O3. The maximum absolute atomic E-state index is 12.0. The second kappa shape index (κ2) is 9.69. The molecule has 0 radical (unpaired) electrons. The average molecular weight is 361 g/mol. The van der Waals surface area contributed by atoms with E-state index in [9.17, 15) is 9.59 Å². The summed E-state index contributed by atoms with van der Waals surface area (Å²) in [6.45, 7) is 10.8. The first kappa shape index (κ1) is 20.4. The van der Waals surface area contributed by atoms with Crippen LogP contribution in [0.15, 0.2) is 24.3 Å². The number of nitrogens with one attached hydrogen (secondary N) is 2. The number of nitrogens with zero attached hydrogens (tertiary/aromatic N) is 1. The van der Waals surface area contributed by atoms with Crippen LogP contribution >= 0.6 is 0 Å². The molecule has 0 unspecified atom stereocenters. The summed E-state index contributed by atoms with van der Waals surface area (Å²) in [5.41, 5.74) is 1.90. The fourth-order valence-corrected chi connectivity index (χ4v) is 2.70. The lowest BCUT2D eigenvalue weighted by molar-refractivity contribution is -0.128. The lowest BCUT2D eigenvalue weighted by atomic mass is 9.96. The summed E-state index contributed by atoms with van der Waals surface area (Å²) >= 11 is 0. The largest absolute Gasteiger partial charge is 0.379 e. The Bertz CT molecular complexity index is 605. The van der Waals surface area contributed by atoms with Crippen LogP contribution in [0.2, 0.25) is 0 Å². The van der Waals surface area contributed by atoms with Crippen LogP contribution in [0.3, 0.4) is 0 Å². The zero-order chi connectivity index (χ0) is 19.0. The first-order valence-electron chi connectivity index (χ1n) is 9.27. The number of benzene rings is 1. The summed E-state index contributed by atoms with van der Waals surface area (Å²) in [5.74, 6) is -0.0982. The molecule has 1 aromatic rings. The van der Waals surface area contributed by atoms with E-state index in [1.54, 1.807) is 0 Å². The van der Waals surface area contributed by atoms with E-state index in [1.807, 2.05) is 32.9 Å². The number of carbonyl (C=O) groups excluding carboxylic acids is 2. The van der Waals surface area contributed by atoms with E-state index in [-0.39, 0.29) is 18.2 Å². The number of carbonyl (C=O) groups is 2. The van der Waals surface area contributed by atoms with Crippen molar-refractivity contribution in [2.24, 2.45) is 5.41 Å². The molecule has 0 aliphatic carbocycles. The molecule has 0 bridgehead atoms. The molecule has 1 fully saturated rings. The van der Waals surface area contributed by atoms with Gasteiger partial charge in [-0.25, -0.2) is 0 Å². The molecule has 2 rings (SSSR count). The van der Waals surface area contributed by atoms with Crippen LogP contribution in [-0.4, -0.2) is 49.6 Å². The van der Waals surface area contributed by atoms with Gasteiger partial charge in [-0.05, 0) is 11.1 Å². The monoisotopic (exact) mass is 361 g/mol. The molecular weight excluding hydrogens is 330 g/mol. The van der Waals surface area contributed by atoms with Crippen LogP contribution in [0.5, 0.6) is 0 Å². The van der Waals surface area contributed by atoms with Gasteiger partial charge in [0.15, 0.2) is 0 Å². The van der Waals surface area contributed by atoms with Crippen LogP contribution in [0.25, 0.3) is 0 Å². The fourth-order valence-electron chi connectivity index (χ4n) is 2.70. The Morgan fingerprint density at radius 1 is 1.12 bits per heavy atom. The Labute approximate surface area is 156 Å². The highest BCUT2D eigenvalue weighted by molar-refractivity contribution is 5.82. The van der Waals surface area contributed by atoms with Crippen molar-refractivity contribution in [1.29, 1.82) is 0 Å². The Morgan fingerprint density at radius 2 is 1.81 bits per heavy atom. The summed E-state index contributed by atoms with van der Waals surface area (Å²) in [6.07, 6.45) is 0.287. The Hall–Kier alpha value is -1.92. The minimum absolute atomic E-state index is 0.0406. The molecule has 0 spiro atoms. The zero-order valence-electron chi connectivity index (χ0n) is 16.1. The van der Waals surface area contributed by atoms with E-state index in [0.29, 0.717) is 13.1 Å². The SMILES string of the molecule is CC(C)(C)C(=O)NCCC(=O)NCc1cccc(CN2CCOCC2)c1. The van der Waals surface area contributed by atoms with Crippen LogP contribution in [0, 0.1) is 5.41 Å². The maximum atomic E-state index is 12.0. The smallest absolute Gasteiger partial charge is 0.225 e. The molecule has 1 saturated heterocycles. The fraction of sp³-hybridized carbons (Fsp3) is 0.600. The average Bonchev–Trinajstić information content (AvgIpc) is 2.60. The van der Waals surface area contributed by atoms with Gasteiger partial charge in [0.2, 0.25) is 11.8 Å². The normalized spacial score (nSPS) is 15.5. The van der Waals surface area contributed by atoms with Crippen molar-refractivity contribution in [3.63, 3.8) is 0 Å². The first-order chi connectivity index (χ1) is 12.3. The third kappa shape index (κ3) is 7.14. The third-order valence-corrected chi connectivity index (χ3v) is 4.31. The molecule has 2 N–H and O–H groups in total. The van der Waals surface area contributed by atoms with Gasteiger partial charge in [0.1, 0.15) is 0 Å². The number of hydrogen-bond donors (Lipinski definition) is 2. The molecule has 0 atom stereocenters. The predicted octanol–water partition coefficient (Wildman–Crippen LogP) is 1.69. The van der Waals surface area contributed by atoms with Crippen LogP contribution in [0.1, 0.15) is 38.3 Å². The van der Waals surface area contributed by atoms with Crippen LogP contribution < -0.4 is 10.6 Å². The van der Waals surface area contributed by atoms with Crippen molar-refractivity contribution < 1.29 is 14.3 Å². The number of amides is 2. The lowest BCUT2D eigenvalue weighted by Crippen LogP contribution is -2.37. The molecule has 1 aromatic carbocycles. The van der Waals surface area contributed by atoms with E-state index in [1.165, 1.54) is 5.56 Å². The van der Waals surface area contributed by atoms with Crippen LogP contribution in [-0.2, 0) is 27.4 Å². The van der Waals surface area contributed by atoms with Crippen molar-refractivity contribution in [3.8, 4) is 0 Å². The van der Waals surface area contributed by atoms with Crippen molar-refractivity contribution in [3.05, 3.63) is 35.4 Å². The third-order valence-electron chi connectivity index (χ3n) is 4.31. The molecule has 6 nitrogen and oxygen atoms in total. The van der Waals surface area contributed by atoms with Gasteiger partial charge in [0, 0.05) is 44.6 Å².